The van der Waals surface area contributed by atoms with E-state index in [-0.39, 0.29) is 17.1 Å². The molecule has 2 amide bonds. The zero-order valence-electron chi connectivity index (χ0n) is 14.3. The lowest BCUT2D eigenvalue weighted by molar-refractivity contribution is -0.384. The maximum atomic E-state index is 12.7. The van der Waals surface area contributed by atoms with Crippen LogP contribution in [0.4, 0.5) is 10.5 Å². The van der Waals surface area contributed by atoms with Crippen LogP contribution in [0.5, 0.6) is 5.75 Å². The highest BCUT2D eigenvalue weighted by atomic mass is 35.5. The van der Waals surface area contributed by atoms with Crippen LogP contribution in [0.15, 0.2) is 41.3 Å². The fraction of sp³-hybridized carbons (Fsp3) is 0.111. The molecule has 1 saturated heterocycles. The predicted molar refractivity (Wildman–Crippen MR) is 108 cm³/mol. The Morgan fingerprint density at radius 1 is 1.21 bits per heavy atom. The number of thioether (sulfide) groups is 1. The SMILES string of the molecule is COc1ccc([N+](=O)[O-])cc1/C=C1\SC(=O)N(Cc2ccc(Cl)cc2Cl)C1=O. The van der Waals surface area contributed by atoms with Gasteiger partial charge in [-0.25, -0.2) is 0 Å². The first-order chi connectivity index (χ1) is 13.3. The van der Waals surface area contributed by atoms with Crippen molar-refractivity contribution in [2.75, 3.05) is 7.11 Å². The van der Waals surface area contributed by atoms with Gasteiger partial charge < -0.3 is 4.74 Å². The molecule has 0 radical (unpaired) electrons. The number of rotatable bonds is 5. The first-order valence-electron chi connectivity index (χ1n) is 7.82. The van der Waals surface area contributed by atoms with Crippen molar-refractivity contribution in [3.63, 3.8) is 0 Å². The smallest absolute Gasteiger partial charge is 0.293 e. The minimum Gasteiger partial charge on any atom is -0.496 e. The predicted octanol–water partition coefficient (Wildman–Crippen LogP) is 5.15. The molecule has 0 aromatic heterocycles. The van der Waals surface area contributed by atoms with Gasteiger partial charge in [0.05, 0.1) is 23.5 Å². The van der Waals surface area contributed by atoms with Crippen LogP contribution < -0.4 is 4.74 Å². The fourth-order valence-corrected chi connectivity index (χ4v) is 3.84. The van der Waals surface area contributed by atoms with E-state index in [4.69, 9.17) is 27.9 Å². The van der Waals surface area contributed by atoms with Gasteiger partial charge >= 0.3 is 0 Å². The summed E-state index contributed by atoms with van der Waals surface area (Å²) in [7, 11) is 1.41. The lowest BCUT2D eigenvalue weighted by atomic mass is 10.1. The van der Waals surface area contributed by atoms with Gasteiger partial charge in [-0.3, -0.25) is 24.6 Å². The van der Waals surface area contributed by atoms with Crippen LogP contribution in [0.3, 0.4) is 0 Å². The van der Waals surface area contributed by atoms with Crippen molar-refractivity contribution in [2.24, 2.45) is 0 Å². The molecule has 1 aliphatic heterocycles. The van der Waals surface area contributed by atoms with Crippen molar-refractivity contribution < 1.29 is 19.2 Å². The van der Waals surface area contributed by atoms with E-state index in [1.807, 2.05) is 0 Å². The largest absolute Gasteiger partial charge is 0.496 e. The second-order valence-corrected chi connectivity index (χ2v) is 7.52. The van der Waals surface area contributed by atoms with Crippen LogP contribution in [-0.2, 0) is 11.3 Å². The van der Waals surface area contributed by atoms with E-state index in [1.165, 1.54) is 37.5 Å². The van der Waals surface area contributed by atoms with E-state index in [0.717, 1.165) is 16.7 Å². The van der Waals surface area contributed by atoms with Gasteiger partial charge in [0.1, 0.15) is 5.75 Å². The number of hydrogen-bond donors (Lipinski definition) is 0. The molecule has 1 aliphatic rings. The van der Waals surface area contributed by atoms with Crippen molar-refractivity contribution in [1.29, 1.82) is 0 Å². The molecule has 1 heterocycles. The van der Waals surface area contributed by atoms with Gasteiger partial charge in [-0.05, 0) is 41.6 Å². The van der Waals surface area contributed by atoms with Crippen molar-refractivity contribution in [3.05, 3.63) is 72.6 Å². The summed E-state index contributed by atoms with van der Waals surface area (Å²) in [5.74, 6) is -0.173. The van der Waals surface area contributed by atoms with E-state index in [0.29, 0.717) is 26.9 Å². The monoisotopic (exact) mass is 438 g/mol. The zero-order chi connectivity index (χ0) is 20.4. The Balaban J connectivity index is 1.91. The van der Waals surface area contributed by atoms with E-state index >= 15 is 0 Å². The van der Waals surface area contributed by atoms with Gasteiger partial charge in [0.2, 0.25) is 0 Å². The highest BCUT2D eigenvalue weighted by Crippen LogP contribution is 2.36. The maximum Gasteiger partial charge on any atom is 0.293 e. The summed E-state index contributed by atoms with van der Waals surface area (Å²) in [6.45, 7) is -0.00984. The molecule has 2 aromatic rings. The van der Waals surface area contributed by atoms with E-state index in [9.17, 15) is 19.7 Å². The minimum absolute atomic E-state index is 0.00984. The molecule has 0 atom stereocenters. The number of hydrogen-bond acceptors (Lipinski definition) is 6. The molecule has 1 fully saturated rings. The minimum atomic E-state index is -0.551. The van der Waals surface area contributed by atoms with Crippen LogP contribution >= 0.6 is 35.0 Å². The van der Waals surface area contributed by atoms with E-state index < -0.39 is 16.1 Å². The molecule has 7 nitrogen and oxygen atoms in total. The summed E-state index contributed by atoms with van der Waals surface area (Å²) in [6.07, 6.45) is 1.40. The molecular weight excluding hydrogens is 427 g/mol. The first-order valence-corrected chi connectivity index (χ1v) is 9.39. The number of imide groups is 1. The number of methoxy groups -OCH3 is 1. The number of non-ortho nitro benzene ring substituents is 1. The van der Waals surface area contributed by atoms with Gasteiger partial charge in [-0.15, -0.1) is 0 Å². The molecule has 144 valence electrons. The average molecular weight is 439 g/mol. The number of nitrogens with zero attached hydrogens (tertiary/aromatic N) is 2. The maximum absolute atomic E-state index is 12.7. The molecule has 10 heteroatoms. The lowest BCUT2D eigenvalue weighted by Crippen LogP contribution is -2.27. The van der Waals surface area contributed by atoms with Gasteiger partial charge in [0.25, 0.3) is 16.8 Å². The second-order valence-electron chi connectivity index (χ2n) is 5.69. The topological polar surface area (TPSA) is 89.8 Å². The first kappa shape index (κ1) is 20.2. The second kappa shape index (κ2) is 8.22. The van der Waals surface area contributed by atoms with Crippen LogP contribution in [0, 0.1) is 10.1 Å². The Morgan fingerprint density at radius 3 is 2.61 bits per heavy atom. The van der Waals surface area contributed by atoms with E-state index in [2.05, 4.69) is 0 Å². The Hall–Kier alpha value is -2.55. The van der Waals surface area contributed by atoms with Crippen LogP contribution in [-0.4, -0.2) is 28.1 Å². The number of carbonyl (C=O) groups excluding carboxylic acids is 2. The molecule has 28 heavy (non-hydrogen) atoms. The van der Waals surface area contributed by atoms with Gasteiger partial charge in [-0.1, -0.05) is 29.3 Å². The summed E-state index contributed by atoms with van der Waals surface area (Å²) >= 11 is 12.7. The van der Waals surface area contributed by atoms with Gasteiger partial charge in [0.15, 0.2) is 0 Å². The third-order valence-corrected chi connectivity index (χ3v) is 5.42. The van der Waals surface area contributed by atoms with Crippen LogP contribution in [0.2, 0.25) is 10.0 Å². The molecule has 0 saturated carbocycles. The summed E-state index contributed by atoms with van der Waals surface area (Å²) in [6, 6.07) is 8.79. The number of amides is 2. The normalized spacial score (nSPS) is 15.4. The molecular formula is C18H12Cl2N2O5S. The van der Waals surface area contributed by atoms with Crippen molar-refractivity contribution in [3.8, 4) is 5.75 Å². The zero-order valence-corrected chi connectivity index (χ0v) is 16.7. The standard InChI is InChI=1S/C18H12Cl2N2O5S/c1-27-15-5-4-13(22(25)26)6-11(15)7-16-17(23)21(18(24)28-16)9-10-2-3-12(19)8-14(10)20/h2-8H,9H2,1H3/b16-7-. The molecule has 0 N–H and O–H groups in total. The summed E-state index contributed by atoms with van der Waals surface area (Å²) in [5, 5.41) is 11.3. The number of halogens is 2. The Labute approximate surface area is 174 Å². The number of carbonyl (C=O) groups is 2. The number of nitro groups is 1. The molecule has 0 spiro atoms. The summed E-state index contributed by atoms with van der Waals surface area (Å²) < 4.78 is 5.19. The van der Waals surface area contributed by atoms with Crippen LogP contribution in [0.25, 0.3) is 6.08 Å². The third kappa shape index (κ3) is 4.14. The number of nitro benzene ring substituents is 1. The lowest BCUT2D eigenvalue weighted by Gasteiger charge is -2.13. The summed E-state index contributed by atoms with van der Waals surface area (Å²) in [5.41, 5.74) is 0.744. The third-order valence-electron chi connectivity index (χ3n) is 3.93. The summed E-state index contributed by atoms with van der Waals surface area (Å²) in [4.78, 5) is 36.6. The molecule has 0 unspecified atom stereocenters. The van der Waals surface area contributed by atoms with Crippen molar-refractivity contribution in [1.82, 2.24) is 4.90 Å². The fourth-order valence-electron chi connectivity index (χ4n) is 2.55. The van der Waals surface area contributed by atoms with Crippen molar-refractivity contribution >= 4 is 57.9 Å². The average Bonchev–Trinajstić information content (AvgIpc) is 2.91. The number of ether oxygens (including phenoxy) is 1. The number of benzene rings is 2. The van der Waals surface area contributed by atoms with E-state index in [1.54, 1.807) is 12.1 Å². The quantitative estimate of drug-likeness (QED) is 0.364. The Kier molecular flexibility index (Phi) is 5.93. The highest BCUT2D eigenvalue weighted by molar-refractivity contribution is 8.18. The van der Waals surface area contributed by atoms with Crippen molar-refractivity contribution in [2.45, 2.75) is 6.54 Å². The molecule has 0 bridgehead atoms. The molecule has 0 aliphatic carbocycles. The molecule has 2 aromatic carbocycles. The van der Waals surface area contributed by atoms with Gasteiger partial charge in [0, 0.05) is 27.7 Å². The Bertz CT molecular complexity index is 1030. The highest BCUT2D eigenvalue weighted by Gasteiger charge is 2.35. The van der Waals surface area contributed by atoms with Crippen LogP contribution in [0.1, 0.15) is 11.1 Å². The molecule has 3 rings (SSSR count). The Morgan fingerprint density at radius 2 is 1.96 bits per heavy atom. The van der Waals surface area contributed by atoms with Gasteiger partial charge in [-0.2, -0.15) is 0 Å².